The van der Waals surface area contributed by atoms with Gasteiger partial charge in [0.25, 0.3) is 0 Å². The predicted molar refractivity (Wildman–Crippen MR) is 80.9 cm³/mol. The van der Waals surface area contributed by atoms with Gasteiger partial charge in [0.1, 0.15) is 0 Å². The van der Waals surface area contributed by atoms with Crippen LogP contribution in [-0.4, -0.2) is 28.9 Å². The molecule has 0 fully saturated rings. The number of carboxylic acids is 1. The maximum absolute atomic E-state index is 12.4. The summed E-state index contributed by atoms with van der Waals surface area (Å²) in [6.07, 6.45) is 3.48. The molecule has 4 nitrogen and oxygen atoms in total. The van der Waals surface area contributed by atoms with E-state index >= 15 is 0 Å². The Morgan fingerprint density at radius 2 is 2.05 bits per heavy atom. The van der Waals surface area contributed by atoms with Gasteiger partial charge in [-0.05, 0) is 36.3 Å². The van der Waals surface area contributed by atoms with Crippen molar-refractivity contribution in [2.24, 2.45) is 5.92 Å². The molecule has 0 heterocycles. The third-order valence-corrected chi connectivity index (χ3v) is 4.24. The molecule has 1 amide bonds. The lowest BCUT2D eigenvalue weighted by Crippen LogP contribution is -2.34. The normalized spacial score (nSPS) is 18.7. The molecule has 1 aliphatic carbocycles. The van der Waals surface area contributed by atoms with Crippen molar-refractivity contribution in [2.45, 2.75) is 45.1 Å². The van der Waals surface area contributed by atoms with Crippen molar-refractivity contribution in [3.8, 4) is 0 Å². The molecular weight excluding hydrogens is 266 g/mol. The highest BCUT2D eigenvalue weighted by Crippen LogP contribution is 2.34. The van der Waals surface area contributed by atoms with Gasteiger partial charge in [-0.1, -0.05) is 31.2 Å². The molecule has 4 heteroatoms. The third-order valence-electron chi connectivity index (χ3n) is 4.24. The van der Waals surface area contributed by atoms with E-state index in [-0.39, 0.29) is 24.3 Å². The fourth-order valence-corrected chi connectivity index (χ4v) is 3.12. The van der Waals surface area contributed by atoms with Gasteiger partial charge in [0.15, 0.2) is 0 Å². The number of aliphatic carboxylic acids is 1. The molecule has 0 spiro atoms. The minimum Gasteiger partial charge on any atom is -0.481 e. The van der Waals surface area contributed by atoms with Gasteiger partial charge in [0.2, 0.25) is 5.91 Å². The summed E-state index contributed by atoms with van der Waals surface area (Å²) in [7, 11) is 1.84. The number of rotatable bonds is 5. The summed E-state index contributed by atoms with van der Waals surface area (Å²) >= 11 is 0. The number of carboxylic acid groups (broad SMARTS) is 1. The Morgan fingerprint density at radius 3 is 2.76 bits per heavy atom. The minimum absolute atomic E-state index is 0.0328. The zero-order valence-corrected chi connectivity index (χ0v) is 12.7. The van der Waals surface area contributed by atoms with Crippen LogP contribution in [0.4, 0.5) is 0 Å². The van der Waals surface area contributed by atoms with Crippen molar-refractivity contribution >= 4 is 11.9 Å². The number of hydrogen-bond acceptors (Lipinski definition) is 2. The van der Waals surface area contributed by atoms with Gasteiger partial charge in [-0.2, -0.15) is 0 Å². The van der Waals surface area contributed by atoms with E-state index < -0.39 is 5.97 Å². The number of carbonyl (C=O) groups excluding carboxylic acids is 1. The average molecular weight is 289 g/mol. The largest absolute Gasteiger partial charge is 0.481 e. The van der Waals surface area contributed by atoms with Crippen LogP contribution < -0.4 is 0 Å². The van der Waals surface area contributed by atoms with E-state index in [4.69, 9.17) is 5.11 Å². The smallest absolute Gasteiger partial charge is 0.303 e. The Balaban J connectivity index is 2.05. The monoisotopic (exact) mass is 289 g/mol. The molecule has 0 radical (unpaired) electrons. The van der Waals surface area contributed by atoms with E-state index in [1.54, 1.807) is 4.90 Å². The summed E-state index contributed by atoms with van der Waals surface area (Å²) in [4.78, 5) is 24.9. The molecule has 2 atom stereocenters. The molecule has 1 N–H and O–H groups in total. The SMILES string of the molecule is CC(CC(=O)O)CC(=O)N(C)C1CCCc2ccccc21. The van der Waals surface area contributed by atoms with E-state index in [9.17, 15) is 9.59 Å². The average Bonchev–Trinajstić information content (AvgIpc) is 2.44. The third kappa shape index (κ3) is 3.84. The Morgan fingerprint density at radius 1 is 1.33 bits per heavy atom. The maximum atomic E-state index is 12.4. The van der Waals surface area contributed by atoms with Crippen molar-refractivity contribution in [2.75, 3.05) is 7.05 Å². The van der Waals surface area contributed by atoms with Crippen molar-refractivity contribution < 1.29 is 14.7 Å². The van der Waals surface area contributed by atoms with E-state index in [0.717, 1.165) is 19.3 Å². The first kappa shape index (κ1) is 15.5. The van der Waals surface area contributed by atoms with Crippen LogP contribution in [0.2, 0.25) is 0 Å². The summed E-state index contributed by atoms with van der Waals surface area (Å²) in [5, 5.41) is 8.79. The van der Waals surface area contributed by atoms with Crippen molar-refractivity contribution in [3.05, 3.63) is 35.4 Å². The standard InChI is InChI=1S/C17H23NO3/c1-12(11-17(20)21)10-16(19)18(2)15-9-5-7-13-6-3-4-8-14(13)15/h3-4,6,8,12,15H,5,7,9-11H2,1-2H3,(H,20,21). The number of benzene rings is 1. The van der Waals surface area contributed by atoms with E-state index in [1.807, 2.05) is 26.1 Å². The highest BCUT2D eigenvalue weighted by molar-refractivity contribution is 5.77. The number of nitrogens with zero attached hydrogens (tertiary/aromatic N) is 1. The Labute approximate surface area is 125 Å². The molecule has 1 aliphatic rings. The topological polar surface area (TPSA) is 57.6 Å². The summed E-state index contributed by atoms with van der Waals surface area (Å²) in [5.74, 6) is -0.942. The van der Waals surface area contributed by atoms with Gasteiger partial charge in [-0.3, -0.25) is 9.59 Å². The van der Waals surface area contributed by atoms with Crippen LogP contribution in [0.15, 0.2) is 24.3 Å². The summed E-state index contributed by atoms with van der Waals surface area (Å²) in [5.41, 5.74) is 2.57. The molecule has 1 aromatic carbocycles. The van der Waals surface area contributed by atoms with Crippen LogP contribution in [0.1, 0.15) is 49.8 Å². The van der Waals surface area contributed by atoms with Crippen LogP contribution >= 0.6 is 0 Å². The second-order valence-corrected chi connectivity index (χ2v) is 6.02. The van der Waals surface area contributed by atoms with Gasteiger partial charge in [0, 0.05) is 19.9 Å². The van der Waals surface area contributed by atoms with Crippen LogP contribution in [0.3, 0.4) is 0 Å². The summed E-state index contributed by atoms with van der Waals surface area (Å²) in [6.45, 7) is 1.81. The molecule has 0 bridgehead atoms. The lowest BCUT2D eigenvalue weighted by atomic mass is 9.86. The molecule has 0 aromatic heterocycles. The lowest BCUT2D eigenvalue weighted by Gasteiger charge is -2.33. The van der Waals surface area contributed by atoms with Gasteiger partial charge in [0.05, 0.1) is 6.04 Å². The predicted octanol–water partition coefficient (Wildman–Crippen LogP) is 3.02. The Hall–Kier alpha value is -1.84. The maximum Gasteiger partial charge on any atom is 0.303 e. The lowest BCUT2D eigenvalue weighted by molar-refractivity contribution is -0.138. The molecule has 0 saturated heterocycles. The molecule has 0 saturated carbocycles. The molecule has 21 heavy (non-hydrogen) atoms. The van der Waals surface area contributed by atoms with Gasteiger partial charge >= 0.3 is 5.97 Å². The first-order valence-corrected chi connectivity index (χ1v) is 7.54. The van der Waals surface area contributed by atoms with Crippen LogP contribution in [-0.2, 0) is 16.0 Å². The van der Waals surface area contributed by atoms with Gasteiger partial charge in [-0.25, -0.2) is 0 Å². The van der Waals surface area contributed by atoms with Crippen molar-refractivity contribution in [1.29, 1.82) is 0 Å². The quantitative estimate of drug-likeness (QED) is 0.906. The number of aryl methyl sites for hydroxylation is 1. The highest BCUT2D eigenvalue weighted by Gasteiger charge is 2.27. The molecule has 114 valence electrons. The fraction of sp³-hybridized carbons (Fsp3) is 0.529. The van der Waals surface area contributed by atoms with Gasteiger partial charge < -0.3 is 10.0 Å². The summed E-state index contributed by atoms with van der Waals surface area (Å²) in [6, 6.07) is 8.41. The summed E-state index contributed by atoms with van der Waals surface area (Å²) < 4.78 is 0. The van der Waals surface area contributed by atoms with Crippen LogP contribution in [0.5, 0.6) is 0 Å². The van der Waals surface area contributed by atoms with Crippen molar-refractivity contribution in [1.82, 2.24) is 4.90 Å². The van der Waals surface area contributed by atoms with Crippen LogP contribution in [0.25, 0.3) is 0 Å². The minimum atomic E-state index is -0.846. The molecular formula is C17H23NO3. The zero-order valence-electron chi connectivity index (χ0n) is 12.7. The second-order valence-electron chi connectivity index (χ2n) is 6.02. The molecule has 1 aromatic rings. The number of hydrogen-bond donors (Lipinski definition) is 1. The Kier molecular flexibility index (Phi) is 4.99. The number of amides is 1. The Bertz CT molecular complexity index is 527. The molecule has 0 aliphatic heterocycles. The number of fused-ring (bicyclic) bond motifs is 1. The molecule has 2 unspecified atom stereocenters. The van der Waals surface area contributed by atoms with Crippen molar-refractivity contribution in [3.63, 3.8) is 0 Å². The van der Waals surface area contributed by atoms with E-state index in [0.29, 0.717) is 6.42 Å². The number of carbonyl (C=O) groups is 2. The second kappa shape index (κ2) is 6.74. The zero-order chi connectivity index (χ0) is 15.4. The highest BCUT2D eigenvalue weighted by atomic mass is 16.4. The fourth-order valence-electron chi connectivity index (χ4n) is 3.12. The van der Waals surface area contributed by atoms with E-state index in [2.05, 4.69) is 12.1 Å². The first-order valence-electron chi connectivity index (χ1n) is 7.54. The first-order chi connectivity index (χ1) is 9.99. The van der Waals surface area contributed by atoms with E-state index in [1.165, 1.54) is 11.1 Å². The van der Waals surface area contributed by atoms with Crippen LogP contribution in [0, 0.1) is 5.92 Å². The molecule has 2 rings (SSSR count). The van der Waals surface area contributed by atoms with Gasteiger partial charge in [-0.15, -0.1) is 0 Å².